The summed E-state index contributed by atoms with van der Waals surface area (Å²) in [5, 5.41) is 3.34. The molecule has 0 aliphatic carbocycles. The zero-order chi connectivity index (χ0) is 14.4. The Labute approximate surface area is 129 Å². The van der Waals surface area contributed by atoms with Crippen LogP contribution in [0.2, 0.25) is 0 Å². The molecule has 0 aliphatic rings. The van der Waals surface area contributed by atoms with E-state index < -0.39 is 0 Å². The highest BCUT2D eigenvalue weighted by Crippen LogP contribution is 2.20. The average molecular weight is 334 g/mol. The Hall–Kier alpha value is -1.48. The van der Waals surface area contributed by atoms with Crippen molar-refractivity contribution < 1.29 is 4.74 Å². The number of hydrogen-bond donors (Lipinski definition) is 1. The van der Waals surface area contributed by atoms with Crippen molar-refractivity contribution in [1.29, 1.82) is 0 Å². The molecule has 0 spiro atoms. The lowest BCUT2D eigenvalue weighted by Gasteiger charge is -2.11. The zero-order valence-electron chi connectivity index (χ0n) is 11.9. The van der Waals surface area contributed by atoms with Crippen molar-refractivity contribution in [3.8, 4) is 5.75 Å². The average Bonchev–Trinajstić information content (AvgIpc) is 2.44. The van der Waals surface area contributed by atoms with Gasteiger partial charge in [-0.3, -0.25) is 0 Å². The fraction of sp³-hybridized carbons (Fsp3) is 0.294. The van der Waals surface area contributed by atoms with Crippen LogP contribution in [0.25, 0.3) is 0 Å². The van der Waals surface area contributed by atoms with E-state index in [1.165, 1.54) is 5.56 Å². The van der Waals surface area contributed by atoms with E-state index in [0.29, 0.717) is 12.5 Å². The van der Waals surface area contributed by atoms with Gasteiger partial charge in [0.15, 0.2) is 0 Å². The predicted octanol–water partition coefficient (Wildman–Crippen LogP) is 5.06. The SMILES string of the molecule is CC(C)c1cccc(OCCNc2cccc(Br)c2)c1. The molecular weight excluding hydrogens is 314 g/mol. The Kier molecular flexibility index (Phi) is 5.48. The molecule has 2 rings (SSSR count). The first-order valence-electron chi connectivity index (χ1n) is 6.87. The molecule has 2 aromatic carbocycles. The lowest BCUT2D eigenvalue weighted by Crippen LogP contribution is -2.11. The van der Waals surface area contributed by atoms with Gasteiger partial charge < -0.3 is 10.1 Å². The minimum absolute atomic E-state index is 0.526. The second-order valence-electron chi connectivity index (χ2n) is 5.01. The molecule has 0 amide bonds. The van der Waals surface area contributed by atoms with Gasteiger partial charge in [-0.25, -0.2) is 0 Å². The molecule has 0 fully saturated rings. The lowest BCUT2D eigenvalue weighted by molar-refractivity contribution is 0.332. The number of hydrogen-bond acceptors (Lipinski definition) is 2. The standard InChI is InChI=1S/C17H20BrNO/c1-13(2)14-5-3-8-17(11-14)20-10-9-19-16-7-4-6-15(18)12-16/h3-8,11-13,19H,9-10H2,1-2H3. The molecule has 0 unspecified atom stereocenters. The van der Waals surface area contributed by atoms with Gasteiger partial charge in [-0.2, -0.15) is 0 Å². The highest BCUT2D eigenvalue weighted by atomic mass is 79.9. The van der Waals surface area contributed by atoms with E-state index in [4.69, 9.17) is 4.74 Å². The summed E-state index contributed by atoms with van der Waals surface area (Å²) in [6.07, 6.45) is 0. The molecule has 2 nitrogen and oxygen atoms in total. The van der Waals surface area contributed by atoms with Crippen LogP contribution in [0.15, 0.2) is 53.0 Å². The van der Waals surface area contributed by atoms with Crippen molar-refractivity contribution in [1.82, 2.24) is 0 Å². The molecule has 0 heterocycles. The van der Waals surface area contributed by atoms with Crippen LogP contribution in [0.5, 0.6) is 5.75 Å². The lowest BCUT2D eigenvalue weighted by atomic mass is 10.0. The quantitative estimate of drug-likeness (QED) is 0.745. The van der Waals surface area contributed by atoms with Gasteiger partial charge in [-0.1, -0.05) is 48.0 Å². The fourth-order valence-electron chi connectivity index (χ4n) is 1.93. The monoisotopic (exact) mass is 333 g/mol. The summed E-state index contributed by atoms with van der Waals surface area (Å²) in [5.41, 5.74) is 2.40. The summed E-state index contributed by atoms with van der Waals surface area (Å²) in [6, 6.07) is 16.4. The summed E-state index contributed by atoms with van der Waals surface area (Å²) >= 11 is 3.46. The summed E-state index contributed by atoms with van der Waals surface area (Å²) in [4.78, 5) is 0. The van der Waals surface area contributed by atoms with E-state index in [9.17, 15) is 0 Å². The van der Waals surface area contributed by atoms with Crippen LogP contribution in [0.1, 0.15) is 25.3 Å². The second-order valence-corrected chi connectivity index (χ2v) is 5.93. The molecule has 2 aromatic rings. The summed E-state index contributed by atoms with van der Waals surface area (Å²) in [5.74, 6) is 1.46. The number of benzene rings is 2. The first-order chi connectivity index (χ1) is 9.65. The molecule has 106 valence electrons. The molecule has 0 saturated carbocycles. The van der Waals surface area contributed by atoms with Gasteiger partial charge in [0.25, 0.3) is 0 Å². The summed E-state index contributed by atoms with van der Waals surface area (Å²) in [7, 11) is 0. The molecule has 1 N–H and O–H groups in total. The Bertz CT molecular complexity index is 554. The number of nitrogens with one attached hydrogen (secondary N) is 1. The van der Waals surface area contributed by atoms with Crippen molar-refractivity contribution in [2.45, 2.75) is 19.8 Å². The van der Waals surface area contributed by atoms with E-state index in [1.54, 1.807) is 0 Å². The van der Waals surface area contributed by atoms with Gasteiger partial charge in [0.1, 0.15) is 12.4 Å². The van der Waals surface area contributed by atoms with Crippen LogP contribution in [-0.2, 0) is 0 Å². The topological polar surface area (TPSA) is 21.3 Å². The third kappa shape index (κ3) is 4.57. The van der Waals surface area contributed by atoms with Crippen LogP contribution in [0, 0.1) is 0 Å². The van der Waals surface area contributed by atoms with Crippen molar-refractivity contribution in [2.24, 2.45) is 0 Å². The van der Waals surface area contributed by atoms with E-state index in [-0.39, 0.29) is 0 Å². The Balaban J connectivity index is 1.80. The van der Waals surface area contributed by atoms with Gasteiger partial charge in [-0.15, -0.1) is 0 Å². The maximum absolute atomic E-state index is 5.77. The van der Waals surface area contributed by atoms with Crippen LogP contribution in [0.3, 0.4) is 0 Å². The smallest absolute Gasteiger partial charge is 0.119 e. The first-order valence-corrected chi connectivity index (χ1v) is 7.66. The van der Waals surface area contributed by atoms with Gasteiger partial charge in [0.2, 0.25) is 0 Å². The number of anilines is 1. The molecule has 0 atom stereocenters. The largest absolute Gasteiger partial charge is 0.492 e. The van der Waals surface area contributed by atoms with Crippen molar-refractivity contribution in [3.05, 3.63) is 58.6 Å². The maximum atomic E-state index is 5.77. The number of rotatable bonds is 6. The van der Waals surface area contributed by atoms with Crippen molar-refractivity contribution in [3.63, 3.8) is 0 Å². The van der Waals surface area contributed by atoms with E-state index >= 15 is 0 Å². The zero-order valence-corrected chi connectivity index (χ0v) is 13.5. The molecule has 0 aromatic heterocycles. The fourth-order valence-corrected chi connectivity index (χ4v) is 2.33. The minimum Gasteiger partial charge on any atom is -0.492 e. The molecule has 3 heteroatoms. The maximum Gasteiger partial charge on any atom is 0.119 e. The predicted molar refractivity (Wildman–Crippen MR) is 88.7 cm³/mol. The van der Waals surface area contributed by atoms with Crippen LogP contribution < -0.4 is 10.1 Å². The third-order valence-corrected chi connectivity index (χ3v) is 3.54. The van der Waals surface area contributed by atoms with Crippen molar-refractivity contribution in [2.75, 3.05) is 18.5 Å². The normalized spacial score (nSPS) is 10.6. The Morgan fingerprint density at radius 1 is 1.10 bits per heavy atom. The van der Waals surface area contributed by atoms with Crippen LogP contribution >= 0.6 is 15.9 Å². The molecule has 0 saturated heterocycles. The second kappa shape index (κ2) is 7.34. The Morgan fingerprint density at radius 2 is 1.90 bits per heavy atom. The van der Waals surface area contributed by atoms with Gasteiger partial charge >= 0.3 is 0 Å². The summed E-state index contributed by atoms with van der Waals surface area (Å²) < 4.78 is 6.85. The minimum atomic E-state index is 0.526. The Morgan fingerprint density at radius 3 is 2.65 bits per heavy atom. The van der Waals surface area contributed by atoms with Gasteiger partial charge in [0.05, 0.1) is 0 Å². The molecule has 0 aliphatic heterocycles. The molecule has 0 bridgehead atoms. The third-order valence-electron chi connectivity index (χ3n) is 3.05. The van der Waals surface area contributed by atoms with Gasteiger partial charge in [-0.05, 0) is 41.8 Å². The first kappa shape index (κ1) is 14.9. The van der Waals surface area contributed by atoms with E-state index in [1.807, 2.05) is 30.3 Å². The van der Waals surface area contributed by atoms with Gasteiger partial charge in [0, 0.05) is 16.7 Å². The highest BCUT2D eigenvalue weighted by Gasteiger charge is 2.01. The van der Waals surface area contributed by atoms with Crippen LogP contribution in [0.4, 0.5) is 5.69 Å². The summed E-state index contributed by atoms with van der Waals surface area (Å²) in [6.45, 7) is 5.80. The highest BCUT2D eigenvalue weighted by molar-refractivity contribution is 9.10. The molecule has 0 radical (unpaired) electrons. The number of halogens is 1. The van der Waals surface area contributed by atoms with E-state index in [0.717, 1.165) is 22.5 Å². The molecule has 20 heavy (non-hydrogen) atoms. The van der Waals surface area contributed by atoms with Crippen molar-refractivity contribution >= 4 is 21.6 Å². The molecular formula is C17H20BrNO. The van der Waals surface area contributed by atoms with Crippen LogP contribution in [-0.4, -0.2) is 13.2 Å². The van der Waals surface area contributed by atoms with E-state index in [2.05, 4.69) is 53.3 Å². The number of ether oxygens (including phenoxy) is 1.